The Labute approximate surface area is 111 Å². The summed E-state index contributed by atoms with van der Waals surface area (Å²) < 4.78 is 10.5. The van der Waals surface area contributed by atoms with Gasteiger partial charge in [0.2, 0.25) is 5.13 Å². The highest BCUT2D eigenvalue weighted by Gasteiger charge is 2.14. The highest BCUT2D eigenvalue weighted by molar-refractivity contribution is 7.18. The minimum atomic E-state index is -0.492. The van der Waals surface area contributed by atoms with Crippen molar-refractivity contribution in [1.29, 1.82) is 0 Å². The molecule has 96 valence electrons. The van der Waals surface area contributed by atoms with Crippen LogP contribution in [-0.4, -0.2) is 17.3 Å². The van der Waals surface area contributed by atoms with Gasteiger partial charge in [0.15, 0.2) is 16.3 Å². The second-order valence-electron chi connectivity index (χ2n) is 3.77. The third-order valence-electron chi connectivity index (χ3n) is 2.61. The molecule has 0 spiro atoms. The van der Waals surface area contributed by atoms with Crippen molar-refractivity contribution in [2.75, 3.05) is 12.8 Å². The van der Waals surface area contributed by atoms with E-state index in [1.807, 2.05) is 12.1 Å². The molecule has 0 saturated carbocycles. The topological polar surface area (TPSA) is 91.2 Å². The molecule has 3 aromatic rings. The number of rotatable bonds is 2. The lowest BCUT2D eigenvalue weighted by molar-refractivity contribution is 0.407. The first-order chi connectivity index (χ1) is 9.19. The van der Waals surface area contributed by atoms with Gasteiger partial charge in [-0.1, -0.05) is 23.5 Å². The summed E-state index contributed by atoms with van der Waals surface area (Å²) in [4.78, 5) is 12.0. The Balaban J connectivity index is 2.29. The maximum absolute atomic E-state index is 12.0. The monoisotopic (exact) mass is 275 g/mol. The molecule has 0 aliphatic rings. The third-order valence-corrected chi connectivity index (χ3v) is 3.40. The molecule has 0 atom stereocenters. The average molecular weight is 275 g/mol. The SMILES string of the molecule is COc1cccc2cc(-c3nnc(N)s3)c(=O)oc12. The Morgan fingerprint density at radius 1 is 1.37 bits per heavy atom. The van der Waals surface area contributed by atoms with Crippen LogP contribution in [0.2, 0.25) is 0 Å². The van der Waals surface area contributed by atoms with E-state index in [1.54, 1.807) is 12.1 Å². The molecule has 2 N–H and O–H groups in total. The van der Waals surface area contributed by atoms with Gasteiger partial charge in [-0.25, -0.2) is 4.79 Å². The van der Waals surface area contributed by atoms with E-state index in [2.05, 4.69) is 10.2 Å². The molecule has 2 aromatic heterocycles. The molecule has 0 radical (unpaired) electrons. The molecular weight excluding hydrogens is 266 g/mol. The predicted molar refractivity (Wildman–Crippen MR) is 72.4 cm³/mol. The van der Waals surface area contributed by atoms with Crippen molar-refractivity contribution in [2.24, 2.45) is 0 Å². The maximum atomic E-state index is 12.0. The van der Waals surface area contributed by atoms with Gasteiger partial charge in [-0.15, -0.1) is 10.2 Å². The Morgan fingerprint density at radius 2 is 2.21 bits per heavy atom. The molecule has 0 amide bonds. The van der Waals surface area contributed by atoms with Crippen LogP contribution in [0.5, 0.6) is 5.75 Å². The molecule has 6 nitrogen and oxygen atoms in total. The smallest absolute Gasteiger partial charge is 0.346 e. The van der Waals surface area contributed by atoms with Crippen molar-refractivity contribution in [3.8, 4) is 16.3 Å². The lowest BCUT2D eigenvalue weighted by atomic mass is 10.2. The van der Waals surface area contributed by atoms with E-state index in [1.165, 1.54) is 7.11 Å². The van der Waals surface area contributed by atoms with Crippen LogP contribution in [0.3, 0.4) is 0 Å². The summed E-state index contributed by atoms with van der Waals surface area (Å²) in [5, 5.41) is 9.04. The van der Waals surface area contributed by atoms with E-state index < -0.39 is 5.63 Å². The summed E-state index contributed by atoms with van der Waals surface area (Å²) >= 11 is 1.14. The van der Waals surface area contributed by atoms with Crippen molar-refractivity contribution in [2.45, 2.75) is 0 Å². The van der Waals surface area contributed by atoms with Crippen LogP contribution in [0, 0.1) is 0 Å². The van der Waals surface area contributed by atoms with Gasteiger partial charge in [-0.05, 0) is 12.1 Å². The van der Waals surface area contributed by atoms with E-state index in [0.717, 1.165) is 16.7 Å². The third kappa shape index (κ3) is 1.93. The summed E-state index contributed by atoms with van der Waals surface area (Å²) in [6, 6.07) is 7.08. The summed E-state index contributed by atoms with van der Waals surface area (Å²) in [6.07, 6.45) is 0. The quantitative estimate of drug-likeness (QED) is 0.718. The molecule has 2 heterocycles. The lowest BCUT2D eigenvalue weighted by Crippen LogP contribution is -2.03. The molecular formula is C12H9N3O3S. The Kier molecular flexibility index (Phi) is 2.68. The number of fused-ring (bicyclic) bond motifs is 1. The molecule has 0 aliphatic carbocycles. The van der Waals surface area contributed by atoms with Crippen LogP contribution < -0.4 is 16.1 Å². The first kappa shape index (κ1) is 11.7. The summed E-state index contributed by atoms with van der Waals surface area (Å²) in [5.41, 5.74) is 5.78. The van der Waals surface area contributed by atoms with Crippen LogP contribution in [-0.2, 0) is 0 Å². The fourth-order valence-corrected chi connectivity index (χ4v) is 2.38. The van der Waals surface area contributed by atoms with Gasteiger partial charge in [0, 0.05) is 5.39 Å². The molecule has 19 heavy (non-hydrogen) atoms. The number of anilines is 1. The molecule has 0 bridgehead atoms. The summed E-state index contributed by atoms with van der Waals surface area (Å²) in [7, 11) is 1.52. The van der Waals surface area contributed by atoms with Crippen LogP contribution in [0.1, 0.15) is 0 Å². The van der Waals surface area contributed by atoms with Crippen molar-refractivity contribution in [3.05, 3.63) is 34.7 Å². The van der Waals surface area contributed by atoms with Crippen LogP contribution >= 0.6 is 11.3 Å². The van der Waals surface area contributed by atoms with Crippen LogP contribution in [0.25, 0.3) is 21.5 Å². The number of aromatic nitrogens is 2. The van der Waals surface area contributed by atoms with Gasteiger partial charge in [0.25, 0.3) is 0 Å². The molecule has 0 saturated heterocycles. The Hall–Kier alpha value is -2.41. The standard InChI is InChI=1S/C12H9N3O3S/c1-17-8-4-2-3-6-5-7(11(16)18-9(6)8)10-14-15-12(13)19-10/h2-5H,1H3,(H2,13,15). The van der Waals surface area contributed by atoms with Gasteiger partial charge in [0.1, 0.15) is 0 Å². The number of nitrogen functional groups attached to an aromatic ring is 1. The number of hydrogen-bond acceptors (Lipinski definition) is 7. The van der Waals surface area contributed by atoms with Crippen molar-refractivity contribution < 1.29 is 9.15 Å². The van der Waals surface area contributed by atoms with Gasteiger partial charge in [0.05, 0.1) is 12.7 Å². The van der Waals surface area contributed by atoms with E-state index in [9.17, 15) is 4.79 Å². The zero-order chi connectivity index (χ0) is 13.4. The first-order valence-corrected chi connectivity index (χ1v) is 6.21. The molecule has 1 aromatic carbocycles. The average Bonchev–Trinajstić information content (AvgIpc) is 2.84. The second kappa shape index (κ2) is 4.36. The molecule has 3 rings (SSSR count). The summed E-state index contributed by atoms with van der Waals surface area (Å²) in [6.45, 7) is 0. The fourth-order valence-electron chi connectivity index (χ4n) is 1.77. The second-order valence-corrected chi connectivity index (χ2v) is 4.78. The Morgan fingerprint density at radius 3 is 2.89 bits per heavy atom. The number of benzene rings is 1. The van der Waals surface area contributed by atoms with E-state index in [0.29, 0.717) is 27.0 Å². The molecule has 0 unspecified atom stereocenters. The first-order valence-electron chi connectivity index (χ1n) is 5.39. The van der Waals surface area contributed by atoms with Crippen LogP contribution in [0.15, 0.2) is 33.5 Å². The van der Waals surface area contributed by atoms with E-state index in [-0.39, 0.29) is 0 Å². The highest BCUT2D eigenvalue weighted by atomic mass is 32.1. The normalized spacial score (nSPS) is 10.8. The number of methoxy groups -OCH3 is 1. The van der Waals surface area contributed by atoms with E-state index in [4.69, 9.17) is 14.9 Å². The molecule has 0 aliphatic heterocycles. The van der Waals surface area contributed by atoms with Crippen molar-refractivity contribution in [1.82, 2.24) is 10.2 Å². The zero-order valence-electron chi connectivity index (χ0n) is 9.91. The maximum Gasteiger partial charge on any atom is 0.346 e. The highest BCUT2D eigenvalue weighted by Crippen LogP contribution is 2.28. The zero-order valence-corrected chi connectivity index (χ0v) is 10.7. The van der Waals surface area contributed by atoms with Crippen molar-refractivity contribution in [3.63, 3.8) is 0 Å². The van der Waals surface area contributed by atoms with E-state index >= 15 is 0 Å². The minimum absolute atomic E-state index is 0.306. The van der Waals surface area contributed by atoms with Gasteiger partial charge < -0.3 is 14.9 Å². The number of nitrogens with two attached hydrogens (primary N) is 1. The minimum Gasteiger partial charge on any atom is -0.493 e. The number of ether oxygens (including phenoxy) is 1. The van der Waals surface area contributed by atoms with Crippen molar-refractivity contribution >= 4 is 27.4 Å². The number of nitrogens with zero attached hydrogens (tertiary/aromatic N) is 2. The Bertz CT molecular complexity index is 809. The largest absolute Gasteiger partial charge is 0.493 e. The van der Waals surface area contributed by atoms with Gasteiger partial charge in [-0.3, -0.25) is 0 Å². The lowest BCUT2D eigenvalue weighted by Gasteiger charge is -2.04. The molecule has 7 heteroatoms. The van der Waals surface area contributed by atoms with Crippen LogP contribution in [0.4, 0.5) is 5.13 Å². The number of hydrogen-bond donors (Lipinski definition) is 1. The summed E-state index contributed by atoms with van der Waals surface area (Å²) in [5.74, 6) is 0.512. The van der Waals surface area contributed by atoms with Gasteiger partial charge in [-0.2, -0.15) is 0 Å². The predicted octanol–water partition coefficient (Wildman–Crippen LogP) is 1.90. The fraction of sp³-hybridized carbons (Fsp3) is 0.0833. The van der Waals surface area contributed by atoms with Gasteiger partial charge >= 0.3 is 5.63 Å². The molecule has 0 fully saturated rings. The number of para-hydroxylation sites is 1.